The smallest absolute Gasteiger partial charge is 0.247 e. The second kappa shape index (κ2) is 2.11. The number of nitrogens with one attached hydrogen (secondary N) is 1. The van der Waals surface area contributed by atoms with Crippen LogP contribution in [0.4, 0.5) is 0 Å². The molecular weight excluding hydrogens is 126 g/mol. The number of fused-ring (bicyclic) bond motifs is 1. The lowest BCUT2D eigenvalue weighted by atomic mass is 9.90. The lowest BCUT2D eigenvalue weighted by Crippen LogP contribution is -2.14. The van der Waals surface area contributed by atoms with Gasteiger partial charge in [-0.1, -0.05) is 6.08 Å². The van der Waals surface area contributed by atoms with E-state index in [2.05, 4.69) is 11.4 Å². The third-order valence-corrected chi connectivity index (χ3v) is 2.33. The molecule has 1 N–H and O–H groups in total. The highest BCUT2D eigenvalue weighted by Gasteiger charge is 2.28. The molecule has 1 amide bonds. The van der Waals surface area contributed by atoms with Crippen molar-refractivity contribution in [3.63, 3.8) is 0 Å². The minimum atomic E-state index is 0.171. The van der Waals surface area contributed by atoms with E-state index >= 15 is 0 Å². The number of allylic oxidation sites excluding steroid dienone is 1. The summed E-state index contributed by atoms with van der Waals surface area (Å²) in [6.07, 6.45) is 5.64. The highest BCUT2D eigenvalue weighted by atomic mass is 16.2. The Morgan fingerprint density at radius 3 is 3.30 bits per heavy atom. The van der Waals surface area contributed by atoms with Crippen molar-refractivity contribution < 1.29 is 4.79 Å². The third kappa shape index (κ3) is 0.753. The molecule has 0 aromatic carbocycles. The molecule has 1 atom stereocenters. The Kier molecular flexibility index (Phi) is 1.26. The normalized spacial score (nSPS) is 31.0. The Hall–Kier alpha value is -0.790. The van der Waals surface area contributed by atoms with E-state index in [0.29, 0.717) is 5.92 Å². The molecule has 0 bridgehead atoms. The van der Waals surface area contributed by atoms with E-state index in [1.54, 1.807) is 0 Å². The summed E-state index contributed by atoms with van der Waals surface area (Å²) in [6, 6.07) is 0. The first-order valence-electron chi connectivity index (χ1n) is 3.86. The molecule has 0 spiro atoms. The van der Waals surface area contributed by atoms with Crippen LogP contribution in [0.15, 0.2) is 11.6 Å². The molecule has 10 heavy (non-hydrogen) atoms. The molecule has 54 valence electrons. The van der Waals surface area contributed by atoms with Crippen LogP contribution in [0, 0.1) is 5.92 Å². The number of carbonyl (C=O) groups is 1. The van der Waals surface area contributed by atoms with Crippen molar-refractivity contribution in [1.29, 1.82) is 0 Å². The average Bonchev–Trinajstić information content (AvgIpc) is 2.34. The van der Waals surface area contributed by atoms with Gasteiger partial charge in [-0.3, -0.25) is 4.79 Å². The number of rotatable bonds is 0. The van der Waals surface area contributed by atoms with E-state index in [0.717, 1.165) is 18.5 Å². The molecule has 0 radical (unpaired) electrons. The molecule has 0 aromatic heterocycles. The first kappa shape index (κ1) is 5.96. The largest absolute Gasteiger partial charge is 0.352 e. The number of hydrogen-bond acceptors (Lipinski definition) is 1. The average molecular weight is 137 g/mol. The molecule has 2 nitrogen and oxygen atoms in total. The number of hydrogen-bond donors (Lipinski definition) is 1. The maximum absolute atomic E-state index is 11.0. The Labute approximate surface area is 60.3 Å². The zero-order chi connectivity index (χ0) is 6.97. The maximum atomic E-state index is 11.0. The lowest BCUT2D eigenvalue weighted by molar-refractivity contribution is -0.116. The predicted molar refractivity (Wildman–Crippen MR) is 38.4 cm³/mol. The maximum Gasteiger partial charge on any atom is 0.247 e. The molecule has 0 aromatic rings. The predicted octanol–water partition coefficient (Wildman–Crippen LogP) is 0.843. The Morgan fingerprint density at radius 2 is 2.50 bits per heavy atom. The van der Waals surface area contributed by atoms with Gasteiger partial charge in [0.05, 0.1) is 0 Å². The second-order valence-corrected chi connectivity index (χ2v) is 3.00. The van der Waals surface area contributed by atoms with Crippen molar-refractivity contribution in [2.24, 2.45) is 5.92 Å². The van der Waals surface area contributed by atoms with Crippen molar-refractivity contribution in [2.45, 2.75) is 19.3 Å². The van der Waals surface area contributed by atoms with Crippen LogP contribution in [0.2, 0.25) is 0 Å². The van der Waals surface area contributed by atoms with Gasteiger partial charge in [-0.25, -0.2) is 0 Å². The van der Waals surface area contributed by atoms with Gasteiger partial charge in [-0.2, -0.15) is 0 Å². The van der Waals surface area contributed by atoms with Gasteiger partial charge < -0.3 is 5.32 Å². The van der Waals surface area contributed by atoms with Crippen molar-refractivity contribution in [1.82, 2.24) is 5.32 Å². The first-order chi connectivity index (χ1) is 4.88. The van der Waals surface area contributed by atoms with Crippen LogP contribution in [-0.2, 0) is 4.79 Å². The van der Waals surface area contributed by atoms with Gasteiger partial charge >= 0.3 is 0 Å². The third-order valence-electron chi connectivity index (χ3n) is 2.33. The second-order valence-electron chi connectivity index (χ2n) is 3.00. The van der Waals surface area contributed by atoms with Gasteiger partial charge in [0.15, 0.2) is 0 Å². The highest BCUT2D eigenvalue weighted by molar-refractivity contribution is 5.96. The van der Waals surface area contributed by atoms with Crippen molar-refractivity contribution in [2.75, 3.05) is 6.54 Å². The first-order valence-corrected chi connectivity index (χ1v) is 3.86. The van der Waals surface area contributed by atoms with E-state index in [1.807, 2.05) is 0 Å². The molecule has 1 aliphatic carbocycles. The van der Waals surface area contributed by atoms with Gasteiger partial charge in [-0.05, 0) is 19.3 Å². The lowest BCUT2D eigenvalue weighted by Gasteiger charge is -2.12. The SMILES string of the molecule is O=C1NCC2CCCC=C12. The Balaban J connectivity index is 2.27. The van der Waals surface area contributed by atoms with Gasteiger partial charge in [0.1, 0.15) is 0 Å². The summed E-state index contributed by atoms with van der Waals surface area (Å²) in [5.41, 5.74) is 1.05. The van der Waals surface area contributed by atoms with E-state index < -0.39 is 0 Å². The Bertz CT molecular complexity index is 195. The van der Waals surface area contributed by atoms with E-state index in [1.165, 1.54) is 12.8 Å². The minimum Gasteiger partial charge on any atom is -0.352 e. The summed E-state index contributed by atoms with van der Waals surface area (Å²) < 4.78 is 0. The van der Waals surface area contributed by atoms with E-state index in [9.17, 15) is 4.79 Å². The molecular formula is C8H11NO. The van der Waals surface area contributed by atoms with Crippen molar-refractivity contribution in [3.8, 4) is 0 Å². The fourth-order valence-corrected chi connectivity index (χ4v) is 1.75. The summed E-state index contributed by atoms with van der Waals surface area (Å²) >= 11 is 0. The topological polar surface area (TPSA) is 29.1 Å². The molecule has 1 aliphatic heterocycles. The summed E-state index contributed by atoms with van der Waals surface area (Å²) in [5.74, 6) is 0.714. The summed E-state index contributed by atoms with van der Waals surface area (Å²) in [6.45, 7) is 0.880. The molecule has 1 unspecified atom stereocenters. The van der Waals surface area contributed by atoms with Gasteiger partial charge in [0.25, 0.3) is 0 Å². The zero-order valence-electron chi connectivity index (χ0n) is 5.89. The van der Waals surface area contributed by atoms with Crippen LogP contribution in [-0.4, -0.2) is 12.5 Å². The van der Waals surface area contributed by atoms with Gasteiger partial charge in [-0.15, -0.1) is 0 Å². The van der Waals surface area contributed by atoms with Crippen molar-refractivity contribution >= 4 is 5.91 Å². The number of amides is 1. The monoisotopic (exact) mass is 137 g/mol. The summed E-state index contributed by atoms with van der Waals surface area (Å²) in [4.78, 5) is 11.0. The van der Waals surface area contributed by atoms with Gasteiger partial charge in [0.2, 0.25) is 5.91 Å². The molecule has 2 heteroatoms. The molecule has 2 aliphatic rings. The fourth-order valence-electron chi connectivity index (χ4n) is 1.75. The Morgan fingerprint density at radius 1 is 1.60 bits per heavy atom. The molecule has 1 saturated heterocycles. The summed E-state index contributed by atoms with van der Waals surface area (Å²) in [7, 11) is 0. The van der Waals surface area contributed by atoms with Crippen LogP contribution in [0.25, 0.3) is 0 Å². The van der Waals surface area contributed by atoms with Crippen molar-refractivity contribution in [3.05, 3.63) is 11.6 Å². The van der Waals surface area contributed by atoms with Crippen LogP contribution >= 0.6 is 0 Å². The standard InChI is InChI=1S/C8H11NO/c10-8-7-4-2-1-3-6(7)5-9-8/h4,6H,1-3,5H2,(H,9,10). The summed E-state index contributed by atoms with van der Waals surface area (Å²) in [5, 5.41) is 2.85. The molecule has 0 saturated carbocycles. The zero-order valence-corrected chi connectivity index (χ0v) is 5.89. The quantitative estimate of drug-likeness (QED) is 0.526. The molecule has 2 rings (SSSR count). The fraction of sp³-hybridized carbons (Fsp3) is 0.625. The number of carbonyl (C=O) groups excluding carboxylic acids is 1. The molecule has 1 fully saturated rings. The van der Waals surface area contributed by atoms with Crippen LogP contribution in [0.1, 0.15) is 19.3 Å². The van der Waals surface area contributed by atoms with Crippen LogP contribution in [0.5, 0.6) is 0 Å². The minimum absolute atomic E-state index is 0.171. The molecule has 1 heterocycles. The van der Waals surface area contributed by atoms with E-state index in [-0.39, 0.29) is 5.91 Å². The highest BCUT2D eigenvalue weighted by Crippen LogP contribution is 2.27. The van der Waals surface area contributed by atoms with E-state index in [4.69, 9.17) is 0 Å². The van der Waals surface area contributed by atoms with Crippen LogP contribution < -0.4 is 5.32 Å². The van der Waals surface area contributed by atoms with Crippen LogP contribution in [0.3, 0.4) is 0 Å². The van der Waals surface area contributed by atoms with Gasteiger partial charge in [0, 0.05) is 18.0 Å².